The molecule has 0 aliphatic heterocycles. The second-order valence-corrected chi connectivity index (χ2v) is 7.71. The fourth-order valence-corrected chi connectivity index (χ4v) is 3.81. The number of sulfonamides is 1. The molecule has 0 amide bonds. The van der Waals surface area contributed by atoms with Crippen LogP contribution in [0, 0.1) is 0 Å². The van der Waals surface area contributed by atoms with Crippen LogP contribution in [0.15, 0.2) is 53.8 Å². The van der Waals surface area contributed by atoms with Gasteiger partial charge in [0, 0.05) is 31.5 Å². The lowest BCUT2D eigenvalue weighted by molar-refractivity contribution is 0.414. The summed E-state index contributed by atoms with van der Waals surface area (Å²) in [5.41, 5.74) is 2.23. The number of halogens is 1. The number of pyridine rings is 1. The minimum Gasteiger partial charge on any atom is -0.495 e. The lowest BCUT2D eigenvalue weighted by Crippen LogP contribution is -2.23. The second-order valence-electron chi connectivity index (χ2n) is 5.53. The van der Waals surface area contributed by atoms with E-state index < -0.39 is 10.0 Å². The molecule has 7 nitrogen and oxygen atoms in total. The summed E-state index contributed by atoms with van der Waals surface area (Å²) in [5.74, 6) is 0.414. The summed E-state index contributed by atoms with van der Waals surface area (Å²) in [4.78, 5) is 4.41. The Kier molecular flexibility index (Phi) is 5.26. The van der Waals surface area contributed by atoms with Crippen molar-refractivity contribution in [3.8, 4) is 17.0 Å². The molecule has 136 valence electrons. The number of aromatic nitrogens is 3. The standard InChI is InChI=1S/C17H17ClN4O3S/c1-22-11-13(9-20-22)17-12(4-3-7-19-17)10-21-26(23,24)14-5-6-16(25-2)15(18)8-14/h3-9,11,21H,10H2,1-2H3. The van der Waals surface area contributed by atoms with Gasteiger partial charge in [0.2, 0.25) is 10.0 Å². The molecule has 1 aromatic carbocycles. The average Bonchev–Trinajstić information content (AvgIpc) is 3.06. The molecule has 2 aromatic heterocycles. The SMILES string of the molecule is COc1ccc(S(=O)(=O)NCc2cccnc2-c2cnn(C)c2)cc1Cl. The number of hydrogen-bond acceptors (Lipinski definition) is 5. The van der Waals surface area contributed by atoms with Gasteiger partial charge in [-0.25, -0.2) is 13.1 Å². The highest BCUT2D eigenvalue weighted by Gasteiger charge is 2.17. The molecule has 0 spiro atoms. The highest BCUT2D eigenvalue weighted by atomic mass is 35.5. The summed E-state index contributed by atoms with van der Waals surface area (Å²) in [5, 5.41) is 4.36. The van der Waals surface area contributed by atoms with E-state index in [1.54, 1.807) is 23.1 Å². The number of rotatable bonds is 6. The first-order valence-corrected chi connectivity index (χ1v) is 9.53. The maximum Gasteiger partial charge on any atom is 0.240 e. The molecule has 0 radical (unpaired) electrons. The number of ether oxygens (including phenoxy) is 1. The number of hydrogen-bond donors (Lipinski definition) is 1. The maximum atomic E-state index is 12.6. The molecule has 0 saturated heterocycles. The Labute approximate surface area is 156 Å². The quantitative estimate of drug-likeness (QED) is 0.696. The van der Waals surface area contributed by atoms with Crippen molar-refractivity contribution in [2.45, 2.75) is 11.4 Å². The van der Waals surface area contributed by atoms with Crippen LogP contribution in [0.25, 0.3) is 11.3 Å². The van der Waals surface area contributed by atoms with Crippen molar-refractivity contribution in [1.82, 2.24) is 19.5 Å². The summed E-state index contributed by atoms with van der Waals surface area (Å²) < 4.78 is 34.4. The van der Waals surface area contributed by atoms with Crippen molar-refractivity contribution in [3.05, 3.63) is 59.5 Å². The first-order valence-electron chi connectivity index (χ1n) is 7.67. The van der Waals surface area contributed by atoms with Crippen LogP contribution in [0.1, 0.15) is 5.56 Å². The summed E-state index contributed by atoms with van der Waals surface area (Å²) in [6, 6.07) is 7.89. The van der Waals surface area contributed by atoms with Crippen LogP contribution in [0.3, 0.4) is 0 Å². The number of benzene rings is 1. The van der Waals surface area contributed by atoms with Crippen LogP contribution < -0.4 is 9.46 Å². The van der Waals surface area contributed by atoms with E-state index in [-0.39, 0.29) is 16.5 Å². The summed E-state index contributed by atoms with van der Waals surface area (Å²) in [6.07, 6.45) is 5.16. The van der Waals surface area contributed by atoms with E-state index in [2.05, 4.69) is 14.8 Å². The second kappa shape index (κ2) is 7.45. The monoisotopic (exact) mass is 392 g/mol. The normalized spacial score (nSPS) is 11.5. The Morgan fingerprint density at radius 2 is 2.12 bits per heavy atom. The van der Waals surface area contributed by atoms with Gasteiger partial charge >= 0.3 is 0 Å². The smallest absolute Gasteiger partial charge is 0.240 e. The highest BCUT2D eigenvalue weighted by Crippen LogP contribution is 2.27. The molecule has 3 aromatic rings. The van der Waals surface area contributed by atoms with Gasteiger partial charge < -0.3 is 4.74 Å². The van der Waals surface area contributed by atoms with E-state index in [9.17, 15) is 8.42 Å². The van der Waals surface area contributed by atoms with Crippen LogP contribution in [0.5, 0.6) is 5.75 Å². The minimum absolute atomic E-state index is 0.0649. The first kappa shape index (κ1) is 18.4. The molecule has 1 N–H and O–H groups in total. The van der Waals surface area contributed by atoms with Gasteiger partial charge in [0.1, 0.15) is 5.75 Å². The van der Waals surface area contributed by atoms with Crippen molar-refractivity contribution in [3.63, 3.8) is 0 Å². The number of nitrogens with zero attached hydrogens (tertiary/aromatic N) is 3. The lowest BCUT2D eigenvalue weighted by Gasteiger charge is -2.11. The van der Waals surface area contributed by atoms with Gasteiger partial charge in [-0.3, -0.25) is 9.67 Å². The van der Waals surface area contributed by atoms with Crippen LogP contribution >= 0.6 is 11.6 Å². The molecule has 9 heteroatoms. The summed E-state index contributed by atoms with van der Waals surface area (Å²) in [7, 11) is -0.462. The van der Waals surface area contributed by atoms with E-state index in [1.165, 1.54) is 25.3 Å². The zero-order chi connectivity index (χ0) is 18.7. The molecule has 0 atom stereocenters. The molecular formula is C17H17ClN4O3S. The summed E-state index contributed by atoms with van der Waals surface area (Å²) >= 11 is 6.02. The van der Waals surface area contributed by atoms with E-state index in [0.29, 0.717) is 11.4 Å². The molecule has 0 bridgehead atoms. The third-order valence-electron chi connectivity index (χ3n) is 3.76. The van der Waals surface area contributed by atoms with E-state index in [1.807, 2.05) is 19.3 Å². The highest BCUT2D eigenvalue weighted by molar-refractivity contribution is 7.89. The zero-order valence-electron chi connectivity index (χ0n) is 14.2. The van der Waals surface area contributed by atoms with Crippen molar-refractivity contribution >= 4 is 21.6 Å². The van der Waals surface area contributed by atoms with E-state index in [0.717, 1.165) is 11.1 Å². The summed E-state index contributed by atoms with van der Waals surface area (Å²) in [6.45, 7) is 0.0874. The van der Waals surface area contributed by atoms with Gasteiger partial charge in [-0.15, -0.1) is 0 Å². The number of nitrogens with one attached hydrogen (secondary N) is 1. The molecule has 0 fully saturated rings. The van der Waals surface area contributed by atoms with Crippen LogP contribution in [-0.4, -0.2) is 30.3 Å². The van der Waals surface area contributed by atoms with Gasteiger partial charge in [-0.2, -0.15) is 5.10 Å². The maximum absolute atomic E-state index is 12.6. The Morgan fingerprint density at radius 3 is 2.77 bits per heavy atom. The van der Waals surface area contributed by atoms with Gasteiger partial charge in [0.15, 0.2) is 0 Å². The number of methoxy groups -OCH3 is 1. The van der Waals surface area contributed by atoms with Crippen LogP contribution in [-0.2, 0) is 23.6 Å². The molecular weight excluding hydrogens is 376 g/mol. The molecule has 0 unspecified atom stereocenters. The zero-order valence-corrected chi connectivity index (χ0v) is 15.8. The Hall–Kier alpha value is -2.42. The predicted molar refractivity (Wildman–Crippen MR) is 98.5 cm³/mol. The molecule has 0 aliphatic rings. The van der Waals surface area contributed by atoms with Crippen molar-refractivity contribution in [2.75, 3.05) is 7.11 Å². The fourth-order valence-electron chi connectivity index (χ4n) is 2.46. The van der Waals surface area contributed by atoms with Crippen molar-refractivity contribution in [2.24, 2.45) is 7.05 Å². The lowest BCUT2D eigenvalue weighted by atomic mass is 10.1. The fraction of sp³-hybridized carbons (Fsp3) is 0.176. The molecule has 26 heavy (non-hydrogen) atoms. The topological polar surface area (TPSA) is 86.1 Å². The first-order chi connectivity index (χ1) is 12.4. The molecule has 3 rings (SSSR count). The predicted octanol–water partition coefficient (Wildman–Crippen LogP) is 2.62. The average molecular weight is 393 g/mol. The van der Waals surface area contributed by atoms with Crippen LogP contribution in [0.4, 0.5) is 0 Å². The Morgan fingerprint density at radius 1 is 1.31 bits per heavy atom. The molecule has 0 aliphatic carbocycles. The molecule has 0 saturated carbocycles. The Balaban J connectivity index is 1.84. The van der Waals surface area contributed by atoms with Gasteiger partial charge in [-0.1, -0.05) is 17.7 Å². The van der Waals surface area contributed by atoms with Gasteiger partial charge in [0.05, 0.1) is 28.9 Å². The minimum atomic E-state index is -3.74. The van der Waals surface area contributed by atoms with Gasteiger partial charge in [-0.05, 0) is 29.8 Å². The van der Waals surface area contributed by atoms with Crippen LogP contribution in [0.2, 0.25) is 5.02 Å². The van der Waals surface area contributed by atoms with E-state index in [4.69, 9.17) is 16.3 Å². The van der Waals surface area contributed by atoms with E-state index >= 15 is 0 Å². The van der Waals surface area contributed by atoms with Crippen molar-refractivity contribution in [1.29, 1.82) is 0 Å². The van der Waals surface area contributed by atoms with Gasteiger partial charge in [0.25, 0.3) is 0 Å². The largest absolute Gasteiger partial charge is 0.495 e. The molecule has 2 heterocycles. The third kappa shape index (κ3) is 3.87. The number of aryl methyl sites for hydroxylation is 1. The van der Waals surface area contributed by atoms with Crippen molar-refractivity contribution < 1.29 is 13.2 Å². The third-order valence-corrected chi connectivity index (χ3v) is 5.45. The Bertz CT molecular complexity index is 1030.